The minimum Gasteiger partial charge on any atom is -0.319 e. The van der Waals surface area contributed by atoms with Crippen LogP contribution in [0.3, 0.4) is 0 Å². The van der Waals surface area contributed by atoms with Gasteiger partial charge in [-0.3, -0.25) is 0 Å². The van der Waals surface area contributed by atoms with E-state index in [1.807, 2.05) is 29.7 Å². The highest BCUT2D eigenvalue weighted by atomic mass is 32.1. The third kappa shape index (κ3) is 2.71. The Morgan fingerprint density at radius 3 is 2.58 bits per heavy atom. The molecule has 0 aliphatic heterocycles. The summed E-state index contributed by atoms with van der Waals surface area (Å²) < 4.78 is 29.1. The summed E-state index contributed by atoms with van der Waals surface area (Å²) in [6, 6.07) is 15.1. The monoisotopic (exact) mass is 340 g/mol. The van der Waals surface area contributed by atoms with Crippen molar-refractivity contribution in [3.05, 3.63) is 76.7 Å². The van der Waals surface area contributed by atoms with Crippen molar-refractivity contribution in [2.75, 3.05) is 0 Å². The Bertz CT molecular complexity index is 1030. The zero-order chi connectivity index (χ0) is 16.7. The first-order valence-electron chi connectivity index (χ1n) is 7.57. The number of nitrogens with zero attached hydrogens (tertiary/aromatic N) is 2. The molecule has 0 aliphatic carbocycles. The van der Waals surface area contributed by atoms with Gasteiger partial charge in [-0.25, -0.2) is 13.8 Å². The number of benzene rings is 2. The van der Waals surface area contributed by atoms with Crippen LogP contribution in [0, 0.1) is 18.6 Å². The van der Waals surface area contributed by atoms with E-state index in [1.165, 1.54) is 29.1 Å². The Labute approximate surface area is 142 Å². The summed E-state index contributed by atoms with van der Waals surface area (Å²) in [4.78, 5) is 6.81. The quantitative estimate of drug-likeness (QED) is 0.488. The van der Waals surface area contributed by atoms with Crippen LogP contribution in [-0.2, 0) is 6.54 Å². The number of thiophene rings is 1. The Balaban J connectivity index is 1.90. The molecule has 0 bridgehead atoms. The lowest BCUT2D eigenvalue weighted by Gasteiger charge is -2.09. The second-order valence-corrected chi connectivity index (χ2v) is 6.98. The van der Waals surface area contributed by atoms with Crippen molar-refractivity contribution in [3.8, 4) is 10.7 Å². The zero-order valence-corrected chi connectivity index (χ0v) is 13.8. The molecule has 0 spiro atoms. The Kier molecular flexibility index (Phi) is 3.65. The van der Waals surface area contributed by atoms with Gasteiger partial charge in [0.2, 0.25) is 0 Å². The summed E-state index contributed by atoms with van der Waals surface area (Å²) in [7, 11) is 0. The number of aromatic nitrogens is 2. The van der Waals surface area contributed by atoms with E-state index in [0.717, 1.165) is 21.8 Å². The Hall–Kier alpha value is -2.53. The Morgan fingerprint density at radius 1 is 1.00 bits per heavy atom. The lowest BCUT2D eigenvalue weighted by molar-refractivity contribution is 0.624. The van der Waals surface area contributed by atoms with E-state index in [2.05, 4.69) is 4.98 Å². The third-order valence-electron chi connectivity index (χ3n) is 3.90. The van der Waals surface area contributed by atoms with Gasteiger partial charge in [0.25, 0.3) is 0 Å². The van der Waals surface area contributed by atoms with Crippen molar-refractivity contribution in [1.29, 1.82) is 0 Å². The molecule has 0 unspecified atom stereocenters. The van der Waals surface area contributed by atoms with E-state index >= 15 is 0 Å². The fraction of sp³-hybridized carbons (Fsp3) is 0.105. The van der Waals surface area contributed by atoms with Crippen molar-refractivity contribution in [2.45, 2.75) is 13.5 Å². The molecule has 0 saturated heterocycles. The van der Waals surface area contributed by atoms with Gasteiger partial charge in [-0.2, -0.15) is 0 Å². The van der Waals surface area contributed by atoms with Crippen LogP contribution in [-0.4, -0.2) is 9.55 Å². The van der Waals surface area contributed by atoms with E-state index in [0.29, 0.717) is 12.1 Å². The second kappa shape index (κ2) is 5.83. The Morgan fingerprint density at radius 2 is 1.83 bits per heavy atom. The zero-order valence-electron chi connectivity index (χ0n) is 13.0. The van der Waals surface area contributed by atoms with Crippen LogP contribution in [0.1, 0.15) is 10.4 Å². The normalized spacial score (nSPS) is 11.3. The van der Waals surface area contributed by atoms with E-state index in [4.69, 9.17) is 0 Å². The molecule has 4 rings (SSSR count). The topological polar surface area (TPSA) is 17.8 Å². The predicted octanol–water partition coefficient (Wildman–Crippen LogP) is 5.40. The van der Waals surface area contributed by atoms with Crippen molar-refractivity contribution in [2.24, 2.45) is 0 Å². The number of hydrogen-bond donors (Lipinski definition) is 0. The fourth-order valence-electron chi connectivity index (χ4n) is 2.82. The van der Waals surface area contributed by atoms with E-state index in [9.17, 15) is 8.78 Å². The standard InChI is InChI=1S/C19H14F2N2S/c1-12-5-8-18(24-12)19-22-16-10-15(21)6-7-17(16)23(19)11-13-3-2-4-14(20)9-13/h2-10H,11H2,1H3. The van der Waals surface area contributed by atoms with Gasteiger partial charge < -0.3 is 4.57 Å². The summed E-state index contributed by atoms with van der Waals surface area (Å²) in [5, 5.41) is 0. The van der Waals surface area contributed by atoms with Gasteiger partial charge in [-0.1, -0.05) is 12.1 Å². The number of halogens is 2. The average molecular weight is 340 g/mol. The van der Waals surface area contributed by atoms with Gasteiger partial charge in [0, 0.05) is 17.5 Å². The van der Waals surface area contributed by atoms with Gasteiger partial charge in [0.15, 0.2) is 5.82 Å². The largest absolute Gasteiger partial charge is 0.319 e. The maximum atomic E-state index is 13.6. The number of aryl methyl sites for hydroxylation is 1. The molecule has 4 aromatic rings. The number of hydrogen-bond acceptors (Lipinski definition) is 2. The minimum atomic E-state index is -0.313. The molecule has 24 heavy (non-hydrogen) atoms. The van der Waals surface area contributed by atoms with Crippen LogP contribution in [0.5, 0.6) is 0 Å². The molecule has 0 aliphatic rings. The molecule has 0 radical (unpaired) electrons. The fourth-order valence-corrected chi connectivity index (χ4v) is 3.69. The molecular formula is C19H14F2N2S. The molecular weight excluding hydrogens is 326 g/mol. The number of imidazole rings is 1. The number of fused-ring (bicyclic) bond motifs is 1. The van der Waals surface area contributed by atoms with Crippen LogP contribution in [0.15, 0.2) is 54.6 Å². The predicted molar refractivity (Wildman–Crippen MR) is 93.2 cm³/mol. The summed E-state index contributed by atoms with van der Waals surface area (Å²) in [6.45, 7) is 2.51. The summed E-state index contributed by atoms with van der Waals surface area (Å²) in [5.41, 5.74) is 2.28. The lowest BCUT2D eigenvalue weighted by atomic mass is 10.2. The highest BCUT2D eigenvalue weighted by molar-refractivity contribution is 7.15. The molecule has 120 valence electrons. The smallest absolute Gasteiger partial charge is 0.151 e. The third-order valence-corrected chi connectivity index (χ3v) is 4.90. The number of rotatable bonds is 3. The van der Waals surface area contributed by atoms with E-state index in [1.54, 1.807) is 23.5 Å². The first kappa shape index (κ1) is 15.0. The first-order chi connectivity index (χ1) is 11.6. The highest BCUT2D eigenvalue weighted by Crippen LogP contribution is 2.31. The van der Waals surface area contributed by atoms with Gasteiger partial charge >= 0.3 is 0 Å². The van der Waals surface area contributed by atoms with Crippen LogP contribution >= 0.6 is 11.3 Å². The van der Waals surface area contributed by atoms with Crippen LogP contribution in [0.2, 0.25) is 0 Å². The lowest BCUT2D eigenvalue weighted by Crippen LogP contribution is -2.02. The second-order valence-electron chi connectivity index (χ2n) is 5.69. The molecule has 0 saturated carbocycles. The van der Waals surface area contributed by atoms with Crippen LogP contribution in [0.25, 0.3) is 21.7 Å². The van der Waals surface area contributed by atoms with E-state index < -0.39 is 0 Å². The maximum Gasteiger partial charge on any atom is 0.151 e. The minimum absolute atomic E-state index is 0.267. The van der Waals surface area contributed by atoms with Crippen LogP contribution < -0.4 is 0 Å². The van der Waals surface area contributed by atoms with Crippen molar-refractivity contribution < 1.29 is 8.78 Å². The molecule has 0 fully saturated rings. The molecule has 2 aromatic heterocycles. The molecule has 2 heterocycles. The van der Waals surface area contributed by atoms with Gasteiger partial charge in [-0.05, 0) is 48.9 Å². The average Bonchev–Trinajstić information content (AvgIpc) is 3.11. The van der Waals surface area contributed by atoms with E-state index in [-0.39, 0.29) is 11.6 Å². The molecule has 2 aromatic carbocycles. The SMILES string of the molecule is Cc1ccc(-c2nc3cc(F)ccc3n2Cc2cccc(F)c2)s1. The molecule has 5 heteroatoms. The first-order valence-corrected chi connectivity index (χ1v) is 8.39. The maximum absolute atomic E-state index is 13.6. The van der Waals surface area contributed by atoms with Crippen LogP contribution in [0.4, 0.5) is 8.78 Å². The van der Waals surface area contributed by atoms with Gasteiger partial charge in [0.05, 0.1) is 15.9 Å². The summed E-state index contributed by atoms with van der Waals surface area (Å²) in [5.74, 6) is 0.196. The molecule has 0 amide bonds. The summed E-state index contributed by atoms with van der Waals surface area (Å²) >= 11 is 1.64. The summed E-state index contributed by atoms with van der Waals surface area (Å²) in [6.07, 6.45) is 0. The molecule has 2 nitrogen and oxygen atoms in total. The molecule has 0 atom stereocenters. The molecule has 0 N–H and O–H groups in total. The van der Waals surface area contributed by atoms with Gasteiger partial charge in [-0.15, -0.1) is 11.3 Å². The van der Waals surface area contributed by atoms with Gasteiger partial charge in [0.1, 0.15) is 11.6 Å². The highest BCUT2D eigenvalue weighted by Gasteiger charge is 2.15. The van der Waals surface area contributed by atoms with Crippen molar-refractivity contribution in [1.82, 2.24) is 9.55 Å². The van der Waals surface area contributed by atoms with Crippen molar-refractivity contribution >= 4 is 22.4 Å². The van der Waals surface area contributed by atoms with Crippen molar-refractivity contribution in [3.63, 3.8) is 0 Å².